The van der Waals surface area contributed by atoms with Crippen LogP contribution in [-0.4, -0.2) is 43.2 Å². The third kappa shape index (κ3) is 6.16. The molecule has 0 aromatic heterocycles. The maximum absolute atomic E-state index is 10.5. The monoisotopic (exact) mass is 187 g/mol. The molecule has 0 unspecified atom stereocenters. The van der Waals surface area contributed by atoms with E-state index in [4.69, 9.17) is 9.84 Å². The molecule has 0 aliphatic heterocycles. The summed E-state index contributed by atoms with van der Waals surface area (Å²) in [4.78, 5) is 12.5. The molecule has 0 aliphatic rings. The van der Waals surface area contributed by atoms with Crippen molar-refractivity contribution in [2.45, 2.75) is 13.3 Å². The molecular formula is C9H17NO3. The van der Waals surface area contributed by atoms with E-state index in [1.165, 1.54) is 6.26 Å². The molecule has 0 fully saturated rings. The number of carboxylic acids is 1. The highest BCUT2D eigenvalue weighted by molar-refractivity contribution is 5.86. The highest BCUT2D eigenvalue weighted by Crippen LogP contribution is 2.00. The average molecular weight is 187 g/mol. The number of aliphatic carboxylic acids is 1. The summed E-state index contributed by atoms with van der Waals surface area (Å²) >= 11 is 0. The highest BCUT2D eigenvalue weighted by Gasteiger charge is 2.03. The van der Waals surface area contributed by atoms with E-state index in [1.54, 1.807) is 6.92 Å². The normalized spacial score (nSPS) is 11.8. The van der Waals surface area contributed by atoms with Crippen LogP contribution in [0.25, 0.3) is 0 Å². The highest BCUT2D eigenvalue weighted by atomic mass is 16.5. The predicted octanol–water partition coefficient (Wildman–Crippen LogP) is 0.943. The number of carbonyl (C=O) groups is 1. The van der Waals surface area contributed by atoms with Gasteiger partial charge in [-0.2, -0.15) is 0 Å². The fraction of sp³-hybridized carbons (Fsp3) is 0.667. The van der Waals surface area contributed by atoms with Crippen LogP contribution in [0.4, 0.5) is 0 Å². The summed E-state index contributed by atoms with van der Waals surface area (Å²) in [5, 5.41) is 8.62. The molecule has 1 N–H and O–H groups in total. The number of rotatable bonds is 6. The van der Waals surface area contributed by atoms with E-state index in [9.17, 15) is 4.79 Å². The van der Waals surface area contributed by atoms with Crippen LogP contribution in [0.1, 0.15) is 13.3 Å². The van der Waals surface area contributed by atoms with E-state index < -0.39 is 5.97 Å². The SMILES string of the molecule is CCC(=COCCN(C)C)C(=O)O. The Kier molecular flexibility index (Phi) is 5.97. The van der Waals surface area contributed by atoms with Crippen molar-refractivity contribution in [3.05, 3.63) is 11.8 Å². The van der Waals surface area contributed by atoms with Crippen LogP contribution in [0.3, 0.4) is 0 Å². The molecule has 0 aliphatic carbocycles. The van der Waals surface area contributed by atoms with Crippen molar-refractivity contribution in [3.8, 4) is 0 Å². The minimum absolute atomic E-state index is 0.304. The Balaban J connectivity index is 3.74. The molecule has 4 nitrogen and oxygen atoms in total. The molecule has 0 bridgehead atoms. The lowest BCUT2D eigenvalue weighted by Crippen LogP contribution is -2.17. The number of carboxylic acid groups (broad SMARTS) is 1. The fourth-order valence-electron chi connectivity index (χ4n) is 0.680. The minimum Gasteiger partial charge on any atom is -0.499 e. The van der Waals surface area contributed by atoms with Gasteiger partial charge in [-0.3, -0.25) is 0 Å². The predicted molar refractivity (Wildman–Crippen MR) is 50.5 cm³/mol. The molecule has 0 spiro atoms. The Hall–Kier alpha value is -1.03. The van der Waals surface area contributed by atoms with Crippen LogP contribution in [0.5, 0.6) is 0 Å². The third-order valence-corrected chi connectivity index (χ3v) is 1.54. The summed E-state index contributed by atoms with van der Waals surface area (Å²) in [6.07, 6.45) is 1.81. The zero-order valence-corrected chi connectivity index (χ0v) is 8.41. The Morgan fingerprint density at radius 2 is 2.15 bits per heavy atom. The van der Waals surface area contributed by atoms with Crippen molar-refractivity contribution < 1.29 is 14.6 Å². The van der Waals surface area contributed by atoms with Gasteiger partial charge in [-0.25, -0.2) is 4.79 Å². The van der Waals surface area contributed by atoms with E-state index in [0.717, 1.165) is 6.54 Å². The van der Waals surface area contributed by atoms with E-state index in [-0.39, 0.29) is 0 Å². The Bertz CT molecular complexity index is 187. The first-order chi connectivity index (χ1) is 6.07. The molecule has 0 amide bonds. The molecule has 0 saturated heterocycles. The first-order valence-corrected chi connectivity index (χ1v) is 4.26. The van der Waals surface area contributed by atoms with Crippen LogP contribution < -0.4 is 0 Å². The average Bonchev–Trinajstić information content (AvgIpc) is 2.03. The topological polar surface area (TPSA) is 49.8 Å². The van der Waals surface area contributed by atoms with E-state index in [2.05, 4.69) is 0 Å². The van der Waals surface area contributed by atoms with Crippen molar-refractivity contribution in [2.75, 3.05) is 27.2 Å². The molecule has 0 radical (unpaired) electrons. The summed E-state index contributed by atoms with van der Waals surface area (Å²) in [5.41, 5.74) is 0.304. The molecule has 0 atom stereocenters. The van der Waals surface area contributed by atoms with Gasteiger partial charge in [0, 0.05) is 6.54 Å². The van der Waals surface area contributed by atoms with Crippen LogP contribution in [0.15, 0.2) is 11.8 Å². The van der Waals surface area contributed by atoms with Gasteiger partial charge in [0.2, 0.25) is 0 Å². The van der Waals surface area contributed by atoms with Crippen LogP contribution in [0, 0.1) is 0 Å². The standard InChI is InChI=1S/C9H17NO3/c1-4-8(9(11)12)7-13-6-5-10(2)3/h7H,4-6H2,1-3H3,(H,11,12). The number of hydrogen-bond donors (Lipinski definition) is 1. The second-order valence-electron chi connectivity index (χ2n) is 2.98. The zero-order valence-electron chi connectivity index (χ0n) is 8.41. The lowest BCUT2D eigenvalue weighted by Gasteiger charge is -2.08. The fourth-order valence-corrected chi connectivity index (χ4v) is 0.680. The van der Waals surface area contributed by atoms with Crippen molar-refractivity contribution in [1.82, 2.24) is 4.90 Å². The van der Waals surface area contributed by atoms with E-state index >= 15 is 0 Å². The van der Waals surface area contributed by atoms with Crippen molar-refractivity contribution in [2.24, 2.45) is 0 Å². The minimum atomic E-state index is -0.910. The van der Waals surface area contributed by atoms with Crippen LogP contribution in [-0.2, 0) is 9.53 Å². The molecule has 0 saturated carbocycles. The molecule has 0 aromatic rings. The number of hydrogen-bond acceptors (Lipinski definition) is 3. The largest absolute Gasteiger partial charge is 0.499 e. The van der Waals surface area contributed by atoms with E-state index in [1.807, 2.05) is 19.0 Å². The summed E-state index contributed by atoms with van der Waals surface area (Å²) in [6.45, 7) is 3.09. The van der Waals surface area contributed by atoms with Gasteiger partial charge < -0.3 is 14.7 Å². The smallest absolute Gasteiger partial charge is 0.334 e. The summed E-state index contributed by atoms with van der Waals surface area (Å²) < 4.78 is 5.07. The second-order valence-corrected chi connectivity index (χ2v) is 2.98. The molecular weight excluding hydrogens is 170 g/mol. The van der Waals surface area contributed by atoms with Gasteiger partial charge in [0.1, 0.15) is 0 Å². The molecule has 13 heavy (non-hydrogen) atoms. The third-order valence-electron chi connectivity index (χ3n) is 1.54. The zero-order chi connectivity index (χ0) is 10.3. The Labute approximate surface area is 78.8 Å². The molecule has 4 heteroatoms. The number of likely N-dealkylation sites (N-methyl/N-ethyl adjacent to an activating group) is 1. The first kappa shape index (κ1) is 12.0. The van der Waals surface area contributed by atoms with Crippen LogP contribution in [0.2, 0.25) is 0 Å². The summed E-state index contributed by atoms with van der Waals surface area (Å²) in [7, 11) is 3.87. The van der Waals surface area contributed by atoms with E-state index in [0.29, 0.717) is 18.6 Å². The lowest BCUT2D eigenvalue weighted by molar-refractivity contribution is -0.132. The van der Waals surface area contributed by atoms with Crippen LogP contribution >= 0.6 is 0 Å². The van der Waals surface area contributed by atoms with Crippen molar-refractivity contribution in [3.63, 3.8) is 0 Å². The molecule has 0 heterocycles. The van der Waals surface area contributed by atoms with Gasteiger partial charge in [0.15, 0.2) is 0 Å². The Morgan fingerprint density at radius 3 is 2.54 bits per heavy atom. The van der Waals surface area contributed by atoms with Crippen molar-refractivity contribution >= 4 is 5.97 Å². The quantitative estimate of drug-likeness (QED) is 0.382. The lowest BCUT2D eigenvalue weighted by atomic mass is 10.2. The maximum atomic E-state index is 10.5. The van der Waals surface area contributed by atoms with Gasteiger partial charge in [0.25, 0.3) is 0 Å². The number of nitrogens with zero attached hydrogens (tertiary/aromatic N) is 1. The van der Waals surface area contributed by atoms with Gasteiger partial charge in [0.05, 0.1) is 18.4 Å². The van der Waals surface area contributed by atoms with Gasteiger partial charge >= 0.3 is 5.97 Å². The Morgan fingerprint density at radius 1 is 1.54 bits per heavy atom. The molecule has 0 aromatic carbocycles. The maximum Gasteiger partial charge on any atom is 0.334 e. The number of ether oxygens (including phenoxy) is 1. The molecule has 0 rings (SSSR count). The van der Waals surface area contributed by atoms with Gasteiger partial charge in [-0.15, -0.1) is 0 Å². The van der Waals surface area contributed by atoms with Gasteiger partial charge in [-0.1, -0.05) is 6.92 Å². The summed E-state index contributed by atoms with van der Waals surface area (Å²) in [5.74, 6) is -0.910. The first-order valence-electron chi connectivity index (χ1n) is 4.26. The molecule has 76 valence electrons. The summed E-state index contributed by atoms with van der Waals surface area (Å²) in [6, 6.07) is 0. The second kappa shape index (κ2) is 6.48. The van der Waals surface area contributed by atoms with Gasteiger partial charge in [-0.05, 0) is 20.5 Å². The van der Waals surface area contributed by atoms with Crippen molar-refractivity contribution in [1.29, 1.82) is 0 Å².